The monoisotopic (exact) mass is 348 g/mol. The quantitative estimate of drug-likeness (QED) is 0.778. The lowest BCUT2D eigenvalue weighted by Gasteiger charge is -2.43. The highest BCUT2D eigenvalue weighted by Gasteiger charge is 2.51. The summed E-state index contributed by atoms with van der Waals surface area (Å²) in [6.07, 6.45) is -0.250. The number of hydrogen-bond acceptors (Lipinski definition) is 4. The number of carbonyl (C=O) groups excluding carboxylic acids is 4. The molecule has 6 heteroatoms. The number of amides is 4. The maximum absolute atomic E-state index is 12.9. The van der Waals surface area contributed by atoms with Crippen molar-refractivity contribution >= 4 is 23.6 Å². The van der Waals surface area contributed by atoms with E-state index in [1.165, 1.54) is 0 Å². The Morgan fingerprint density at radius 1 is 0.577 bits per heavy atom. The molecule has 130 valence electrons. The molecule has 0 bridgehead atoms. The fraction of sp³-hybridized carbons (Fsp3) is 0.200. The normalized spacial score (nSPS) is 23.2. The molecule has 0 unspecified atom stereocenters. The van der Waals surface area contributed by atoms with Crippen molar-refractivity contribution in [3.63, 3.8) is 0 Å². The molecule has 0 aromatic heterocycles. The van der Waals surface area contributed by atoms with Crippen LogP contribution < -0.4 is 0 Å². The second kappa shape index (κ2) is 6.22. The Balaban J connectivity index is 1.68. The topological polar surface area (TPSA) is 74.8 Å². The summed E-state index contributed by atoms with van der Waals surface area (Å²) in [7, 11) is 0. The second-order valence-corrected chi connectivity index (χ2v) is 6.42. The number of rotatable bonds is 2. The predicted molar refractivity (Wildman–Crippen MR) is 91.3 cm³/mol. The molecule has 2 aromatic rings. The minimum absolute atomic E-state index is 0.125. The Morgan fingerprint density at radius 3 is 1.27 bits per heavy atom. The third kappa shape index (κ3) is 2.50. The molecule has 6 nitrogen and oxygen atoms in total. The van der Waals surface area contributed by atoms with Gasteiger partial charge in [0.2, 0.25) is 11.8 Å². The number of imide groups is 2. The number of fused-ring (bicyclic) bond motifs is 1. The molecular formula is C20H16N2O4. The van der Waals surface area contributed by atoms with Gasteiger partial charge in [0, 0.05) is 12.8 Å². The molecule has 26 heavy (non-hydrogen) atoms. The smallest absolute Gasteiger partial charge is 0.256 e. The highest BCUT2D eigenvalue weighted by Crippen LogP contribution is 2.36. The van der Waals surface area contributed by atoms with E-state index in [1.54, 1.807) is 48.5 Å². The first-order valence-corrected chi connectivity index (χ1v) is 8.41. The Hall–Kier alpha value is -3.28. The lowest BCUT2D eigenvalue weighted by atomic mass is 9.88. The van der Waals surface area contributed by atoms with Crippen molar-refractivity contribution in [3.05, 3.63) is 71.8 Å². The van der Waals surface area contributed by atoms with E-state index >= 15 is 0 Å². The average molecular weight is 348 g/mol. The van der Waals surface area contributed by atoms with Crippen molar-refractivity contribution in [2.24, 2.45) is 0 Å². The highest BCUT2D eigenvalue weighted by molar-refractivity contribution is 6.14. The van der Waals surface area contributed by atoms with Gasteiger partial charge in [0.1, 0.15) is 0 Å². The van der Waals surface area contributed by atoms with Gasteiger partial charge in [-0.3, -0.25) is 19.2 Å². The largest absolute Gasteiger partial charge is 0.272 e. The summed E-state index contributed by atoms with van der Waals surface area (Å²) in [5, 5.41) is 1.48. The molecule has 2 saturated heterocycles. The van der Waals surface area contributed by atoms with Gasteiger partial charge in [0.25, 0.3) is 11.8 Å². The maximum Gasteiger partial charge on any atom is 0.256 e. The fourth-order valence-electron chi connectivity index (χ4n) is 3.55. The van der Waals surface area contributed by atoms with Crippen LogP contribution in [0.4, 0.5) is 0 Å². The van der Waals surface area contributed by atoms with E-state index in [-0.39, 0.29) is 12.8 Å². The number of hydrogen-bond donors (Lipinski definition) is 0. The molecule has 0 spiro atoms. The summed E-state index contributed by atoms with van der Waals surface area (Å²) in [5.74, 6) is -3.61. The number of carbonyl (C=O) groups is 4. The minimum atomic E-state index is -0.745. The van der Waals surface area contributed by atoms with E-state index < -0.39 is 35.5 Å². The summed E-state index contributed by atoms with van der Waals surface area (Å²) < 4.78 is 0. The van der Waals surface area contributed by atoms with Crippen LogP contribution in [0.5, 0.6) is 0 Å². The molecule has 2 aliphatic heterocycles. The Labute approximate surface area is 150 Å². The molecule has 2 heterocycles. The molecule has 0 aliphatic carbocycles. The fourth-order valence-corrected chi connectivity index (χ4v) is 3.55. The van der Waals surface area contributed by atoms with Crippen LogP contribution in [0.15, 0.2) is 60.7 Å². The van der Waals surface area contributed by atoms with Gasteiger partial charge in [-0.15, -0.1) is 0 Å². The first-order valence-electron chi connectivity index (χ1n) is 8.41. The predicted octanol–water partition coefficient (Wildman–Crippen LogP) is 1.99. The molecule has 0 N–H and O–H groups in total. The van der Waals surface area contributed by atoms with Gasteiger partial charge in [0.15, 0.2) is 0 Å². The molecule has 2 atom stereocenters. The van der Waals surface area contributed by atoms with E-state index in [9.17, 15) is 19.2 Å². The van der Waals surface area contributed by atoms with E-state index in [0.717, 1.165) is 10.0 Å². The standard InChI is InChI=1S/C20H16N2O4/c23-17-11-15(13-7-3-1-4-8-13)19(25)21-18(24)12-16(20(26)22(17)21)14-9-5-2-6-10-14/h1-10,15-16H,11-12H2/t15-,16-/m1/s1. The summed E-state index contributed by atoms with van der Waals surface area (Å²) in [5.41, 5.74) is 1.33. The SMILES string of the molecule is O=C1C[C@H](c2ccccc2)C(=O)N2C(=O)C[C@H](c3ccccc3)C(=O)N12. The molecule has 2 aliphatic rings. The second-order valence-electron chi connectivity index (χ2n) is 6.42. The molecule has 0 radical (unpaired) electrons. The van der Waals surface area contributed by atoms with Crippen molar-refractivity contribution < 1.29 is 19.2 Å². The maximum atomic E-state index is 12.9. The number of nitrogens with zero attached hydrogens (tertiary/aromatic N) is 2. The number of benzene rings is 2. The summed E-state index contributed by atoms with van der Waals surface area (Å²) in [6, 6.07) is 17.7. The van der Waals surface area contributed by atoms with E-state index in [2.05, 4.69) is 0 Å². The summed E-state index contributed by atoms with van der Waals surface area (Å²) >= 11 is 0. The average Bonchev–Trinajstić information content (AvgIpc) is 2.67. The van der Waals surface area contributed by atoms with Gasteiger partial charge in [-0.2, -0.15) is 10.0 Å². The Kier molecular flexibility index (Phi) is 3.88. The van der Waals surface area contributed by atoms with Crippen molar-refractivity contribution in [1.82, 2.24) is 10.0 Å². The van der Waals surface area contributed by atoms with E-state index in [0.29, 0.717) is 11.1 Å². The Bertz CT molecular complexity index is 819. The van der Waals surface area contributed by atoms with Crippen molar-refractivity contribution in [3.8, 4) is 0 Å². The first kappa shape index (κ1) is 16.2. The summed E-state index contributed by atoms with van der Waals surface area (Å²) in [4.78, 5) is 51.0. The molecule has 2 fully saturated rings. The van der Waals surface area contributed by atoms with Crippen LogP contribution in [-0.4, -0.2) is 33.6 Å². The van der Waals surface area contributed by atoms with Gasteiger partial charge in [-0.25, -0.2) is 0 Å². The van der Waals surface area contributed by atoms with Crippen molar-refractivity contribution in [1.29, 1.82) is 0 Å². The zero-order chi connectivity index (χ0) is 18.3. The van der Waals surface area contributed by atoms with Crippen molar-refractivity contribution in [2.45, 2.75) is 24.7 Å². The Morgan fingerprint density at radius 2 is 0.923 bits per heavy atom. The molecule has 0 saturated carbocycles. The van der Waals surface area contributed by atoms with Crippen LogP contribution in [0.3, 0.4) is 0 Å². The van der Waals surface area contributed by atoms with Gasteiger partial charge in [-0.1, -0.05) is 60.7 Å². The van der Waals surface area contributed by atoms with Crippen molar-refractivity contribution in [2.75, 3.05) is 0 Å². The van der Waals surface area contributed by atoms with E-state index in [1.807, 2.05) is 12.1 Å². The van der Waals surface area contributed by atoms with Gasteiger partial charge < -0.3 is 0 Å². The molecular weight excluding hydrogens is 332 g/mol. The van der Waals surface area contributed by atoms with Crippen LogP contribution in [0.2, 0.25) is 0 Å². The molecule has 4 rings (SSSR count). The van der Waals surface area contributed by atoms with Crippen LogP contribution in [0, 0.1) is 0 Å². The minimum Gasteiger partial charge on any atom is -0.272 e. The lowest BCUT2D eigenvalue weighted by molar-refractivity contribution is -0.191. The van der Waals surface area contributed by atoms with Gasteiger partial charge >= 0.3 is 0 Å². The zero-order valence-corrected chi connectivity index (χ0v) is 13.9. The van der Waals surface area contributed by atoms with Crippen LogP contribution in [0.1, 0.15) is 35.8 Å². The third-order valence-corrected chi connectivity index (χ3v) is 4.85. The summed E-state index contributed by atoms with van der Waals surface area (Å²) in [6.45, 7) is 0. The van der Waals surface area contributed by atoms with Crippen LogP contribution in [-0.2, 0) is 19.2 Å². The highest BCUT2D eigenvalue weighted by atomic mass is 16.2. The lowest BCUT2D eigenvalue weighted by Crippen LogP contribution is -2.64. The van der Waals surface area contributed by atoms with Crippen LogP contribution >= 0.6 is 0 Å². The van der Waals surface area contributed by atoms with Gasteiger partial charge in [-0.05, 0) is 11.1 Å². The molecule has 4 amide bonds. The van der Waals surface area contributed by atoms with E-state index in [4.69, 9.17) is 0 Å². The number of hydrazine groups is 1. The first-order chi connectivity index (χ1) is 12.6. The van der Waals surface area contributed by atoms with Gasteiger partial charge in [0.05, 0.1) is 11.8 Å². The van der Waals surface area contributed by atoms with Crippen LogP contribution in [0.25, 0.3) is 0 Å². The zero-order valence-electron chi connectivity index (χ0n) is 13.9. The third-order valence-electron chi connectivity index (χ3n) is 4.85. The molecule has 2 aromatic carbocycles.